The summed E-state index contributed by atoms with van der Waals surface area (Å²) in [5, 5.41) is 2.24. The topological polar surface area (TPSA) is 91.5 Å². The molecule has 0 unspecified atom stereocenters. The Hall–Kier alpha value is -2.41. The number of ether oxygens (including phenoxy) is 1. The molecule has 0 saturated heterocycles. The van der Waals surface area contributed by atoms with E-state index in [1.807, 2.05) is 0 Å². The zero-order valence-electron chi connectivity index (χ0n) is 11.9. The van der Waals surface area contributed by atoms with Gasteiger partial charge in [-0.05, 0) is 19.1 Å². The van der Waals surface area contributed by atoms with E-state index in [9.17, 15) is 14.4 Å². The number of nitrogens with zero attached hydrogens (tertiary/aromatic N) is 1. The molecule has 21 heavy (non-hydrogen) atoms. The summed E-state index contributed by atoms with van der Waals surface area (Å²) in [5.41, 5.74) is 0.295. The molecule has 0 aliphatic heterocycles. The molecule has 1 aromatic heterocycles. The van der Waals surface area contributed by atoms with Gasteiger partial charge in [0.05, 0.1) is 19.7 Å². The van der Waals surface area contributed by atoms with Crippen LogP contribution in [0.3, 0.4) is 0 Å². The second-order valence-corrected chi connectivity index (χ2v) is 4.22. The van der Waals surface area contributed by atoms with Gasteiger partial charge in [-0.2, -0.15) is 0 Å². The second-order valence-electron chi connectivity index (χ2n) is 4.22. The molecule has 1 rings (SSSR count). The molecule has 7 heteroatoms. The summed E-state index contributed by atoms with van der Waals surface area (Å²) >= 11 is 0. The van der Waals surface area contributed by atoms with Crippen molar-refractivity contribution in [2.75, 3.05) is 26.2 Å². The average Bonchev–Trinajstić information content (AvgIpc) is 2.92. The molecule has 0 saturated carbocycles. The Bertz CT molecular complexity index is 496. The molecular formula is C14H19N3O4. The molecule has 0 atom stereocenters. The van der Waals surface area contributed by atoms with Gasteiger partial charge < -0.3 is 9.72 Å². The summed E-state index contributed by atoms with van der Waals surface area (Å²) in [6, 6.07) is 3.22. The molecule has 0 bridgehead atoms. The van der Waals surface area contributed by atoms with Crippen LogP contribution in [0.1, 0.15) is 17.4 Å². The number of hydrogen-bond acceptors (Lipinski definition) is 5. The lowest BCUT2D eigenvalue weighted by Crippen LogP contribution is -2.42. The van der Waals surface area contributed by atoms with E-state index in [0.717, 1.165) is 0 Å². The standard InChI is InChI=1S/C14H19N3O4/c1-3-8-17(10-13(19)21-4-2)9-12(18)16-14(20)11-6-5-7-15-11/h3,5-7,15H,1,4,8-10H2,2H3,(H,16,18,20). The monoisotopic (exact) mass is 293 g/mol. The first-order valence-corrected chi connectivity index (χ1v) is 6.53. The van der Waals surface area contributed by atoms with E-state index in [2.05, 4.69) is 16.9 Å². The van der Waals surface area contributed by atoms with Crippen LogP contribution in [0.15, 0.2) is 31.0 Å². The van der Waals surface area contributed by atoms with Gasteiger partial charge in [-0.25, -0.2) is 0 Å². The fourth-order valence-corrected chi connectivity index (χ4v) is 1.66. The van der Waals surface area contributed by atoms with Crippen molar-refractivity contribution < 1.29 is 19.1 Å². The van der Waals surface area contributed by atoms with Gasteiger partial charge in [0.15, 0.2) is 0 Å². The summed E-state index contributed by atoms with van der Waals surface area (Å²) in [7, 11) is 0. The van der Waals surface area contributed by atoms with Gasteiger partial charge in [0.2, 0.25) is 5.91 Å². The molecule has 1 heterocycles. The quantitative estimate of drug-likeness (QED) is 0.532. The SMILES string of the molecule is C=CCN(CC(=O)NC(=O)c1ccc[nH]1)CC(=O)OCC. The predicted octanol–water partition coefficient (Wildman–Crippen LogP) is 0.322. The number of carbonyl (C=O) groups is 3. The number of aromatic nitrogens is 1. The molecule has 2 amide bonds. The van der Waals surface area contributed by atoms with Crippen LogP contribution < -0.4 is 5.32 Å². The number of nitrogens with one attached hydrogen (secondary N) is 2. The molecule has 0 spiro atoms. The third-order valence-corrected chi connectivity index (χ3v) is 2.51. The number of aromatic amines is 1. The Morgan fingerprint density at radius 3 is 2.76 bits per heavy atom. The van der Waals surface area contributed by atoms with Crippen LogP contribution >= 0.6 is 0 Å². The molecule has 0 fully saturated rings. The Labute approximate surface area is 123 Å². The van der Waals surface area contributed by atoms with Crippen molar-refractivity contribution in [1.29, 1.82) is 0 Å². The number of imide groups is 1. The molecule has 0 aromatic carbocycles. The largest absolute Gasteiger partial charge is 0.465 e. The fraction of sp³-hybridized carbons (Fsp3) is 0.357. The van der Waals surface area contributed by atoms with Crippen LogP contribution in [-0.4, -0.2) is 53.9 Å². The molecule has 1 aromatic rings. The molecule has 0 aliphatic carbocycles. The lowest BCUT2D eigenvalue weighted by Gasteiger charge is -2.18. The molecule has 0 radical (unpaired) electrons. The van der Waals surface area contributed by atoms with E-state index in [0.29, 0.717) is 12.2 Å². The Morgan fingerprint density at radius 1 is 1.43 bits per heavy atom. The summed E-state index contributed by atoms with van der Waals surface area (Å²) in [6.45, 7) is 5.75. The summed E-state index contributed by atoms with van der Waals surface area (Å²) < 4.78 is 4.82. The lowest BCUT2D eigenvalue weighted by molar-refractivity contribution is -0.144. The fourth-order valence-electron chi connectivity index (χ4n) is 1.66. The molecule has 0 aliphatic rings. The highest BCUT2D eigenvalue weighted by molar-refractivity contribution is 6.04. The first-order chi connectivity index (χ1) is 10.1. The minimum Gasteiger partial charge on any atom is -0.465 e. The van der Waals surface area contributed by atoms with Gasteiger partial charge in [0.25, 0.3) is 5.91 Å². The summed E-state index contributed by atoms with van der Waals surface area (Å²) in [6.07, 6.45) is 3.16. The van der Waals surface area contributed by atoms with E-state index >= 15 is 0 Å². The maximum atomic E-state index is 11.8. The molecule has 2 N–H and O–H groups in total. The first kappa shape index (κ1) is 16.6. The summed E-state index contributed by atoms with van der Waals surface area (Å²) in [5.74, 6) is -1.44. The van der Waals surface area contributed by atoms with Crippen molar-refractivity contribution in [2.45, 2.75) is 6.92 Å². The zero-order chi connectivity index (χ0) is 15.7. The predicted molar refractivity (Wildman–Crippen MR) is 76.5 cm³/mol. The van der Waals surface area contributed by atoms with E-state index in [1.165, 1.54) is 4.90 Å². The molecule has 7 nitrogen and oxygen atoms in total. The van der Waals surface area contributed by atoms with Crippen LogP contribution in [-0.2, 0) is 14.3 Å². The van der Waals surface area contributed by atoms with Gasteiger partial charge >= 0.3 is 5.97 Å². The van der Waals surface area contributed by atoms with Crippen molar-refractivity contribution in [1.82, 2.24) is 15.2 Å². The van der Waals surface area contributed by atoms with Crippen molar-refractivity contribution in [3.63, 3.8) is 0 Å². The van der Waals surface area contributed by atoms with Crippen LogP contribution in [0, 0.1) is 0 Å². The normalized spacial score (nSPS) is 10.2. The Kier molecular flexibility index (Phi) is 6.90. The third-order valence-electron chi connectivity index (χ3n) is 2.51. The van der Waals surface area contributed by atoms with Gasteiger partial charge in [-0.1, -0.05) is 6.08 Å². The van der Waals surface area contributed by atoms with Gasteiger partial charge in [-0.3, -0.25) is 24.6 Å². The highest BCUT2D eigenvalue weighted by atomic mass is 16.5. The van der Waals surface area contributed by atoms with Gasteiger partial charge in [-0.15, -0.1) is 6.58 Å². The van der Waals surface area contributed by atoms with Crippen molar-refractivity contribution in [2.24, 2.45) is 0 Å². The minimum atomic E-state index is -0.514. The van der Waals surface area contributed by atoms with Crippen LogP contribution in [0.25, 0.3) is 0 Å². The van der Waals surface area contributed by atoms with Crippen LogP contribution in [0.5, 0.6) is 0 Å². The number of carbonyl (C=O) groups excluding carboxylic acids is 3. The van der Waals surface area contributed by atoms with Crippen molar-refractivity contribution in [3.05, 3.63) is 36.7 Å². The number of hydrogen-bond donors (Lipinski definition) is 2. The first-order valence-electron chi connectivity index (χ1n) is 6.53. The van der Waals surface area contributed by atoms with Crippen LogP contribution in [0.4, 0.5) is 0 Å². The Balaban J connectivity index is 2.50. The van der Waals surface area contributed by atoms with E-state index in [1.54, 1.807) is 31.3 Å². The zero-order valence-corrected chi connectivity index (χ0v) is 11.9. The minimum absolute atomic E-state index is 0.0377. The van der Waals surface area contributed by atoms with Gasteiger partial charge in [0.1, 0.15) is 5.69 Å². The van der Waals surface area contributed by atoms with Crippen molar-refractivity contribution >= 4 is 17.8 Å². The smallest absolute Gasteiger partial charge is 0.320 e. The number of H-pyrrole nitrogens is 1. The van der Waals surface area contributed by atoms with E-state index in [-0.39, 0.29) is 19.7 Å². The summed E-state index contributed by atoms with van der Waals surface area (Å²) in [4.78, 5) is 39.1. The Morgan fingerprint density at radius 2 is 2.19 bits per heavy atom. The highest BCUT2D eigenvalue weighted by Crippen LogP contribution is 1.95. The average molecular weight is 293 g/mol. The van der Waals surface area contributed by atoms with E-state index < -0.39 is 17.8 Å². The van der Waals surface area contributed by atoms with Gasteiger partial charge in [0, 0.05) is 12.7 Å². The van der Waals surface area contributed by atoms with Crippen LogP contribution in [0.2, 0.25) is 0 Å². The maximum Gasteiger partial charge on any atom is 0.320 e. The number of esters is 1. The number of amides is 2. The highest BCUT2D eigenvalue weighted by Gasteiger charge is 2.16. The third kappa shape index (κ3) is 6.05. The molecule has 114 valence electrons. The van der Waals surface area contributed by atoms with E-state index in [4.69, 9.17) is 4.74 Å². The molecular weight excluding hydrogens is 274 g/mol. The van der Waals surface area contributed by atoms with Crippen molar-refractivity contribution in [3.8, 4) is 0 Å². The maximum absolute atomic E-state index is 11.8. The lowest BCUT2D eigenvalue weighted by atomic mass is 10.3. The number of rotatable bonds is 8. The second kappa shape index (κ2) is 8.70.